The molecule has 13 heavy (non-hydrogen) atoms. The molecule has 1 atom stereocenters. The first kappa shape index (κ1) is 12.7. The van der Waals surface area contributed by atoms with E-state index in [1.807, 2.05) is 0 Å². The minimum Gasteiger partial charge on any atom is -0.309 e. The van der Waals surface area contributed by atoms with E-state index in [4.69, 9.17) is 0 Å². The normalized spacial score (nSPS) is 13.1. The summed E-state index contributed by atoms with van der Waals surface area (Å²) >= 11 is 0. The topological polar surface area (TPSA) is 3.24 Å². The molecule has 0 spiro atoms. The number of hydrogen-bond acceptors (Lipinski definition) is 1. The van der Waals surface area contributed by atoms with Crippen molar-refractivity contribution in [3.63, 3.8) is 0 Å². The molecule has 0 radical (unpaired) electrons. The van der Waals surface area contributed by atoms with Gasteiger partial charge in [-0.2, -0.15) is 0 Å². The summed E-state index contributed by atoms with van der Waals surface area (Å²) in [5, 5.41) is 0. The Balaban J connectivity index is 3.40. The van der Waals surface area contributed by atoms with Gasteiger partial charge in [0.15, 0.2) is 0 Å². The standard InChI is InChI=1S/C12H25N/c1-11(2)7-6-8-12(3)9-10-13(4)5/h7,12H,6,8-10H2,1-5H3. The van der Waals surface area contributed by atoms with Crippen molar-refractivity contribution in [3.05, 3.63) is 11.6 Å². The second kappa shape index (κ2) is 7.14. The van der Waals surface area contributed by atoms with E-state index in [-0.39, 0.29) is 0 Å². The third-order valence-corrected chi connectivity index (χ3v) is 2.28. The Bertz CT molecular complexity index is 143. The van der Waals surface area contributed by atoms with Crippen LogP contribution in [-0.2, 0) is 0 Å². The van der Waals surface area contributed by atoms with Gasteiger partial charge in [0, 0.05) is 0 Å². The summed E-state index contributed by atoms with van der Waals surface area (Å²) in [6.45, 7) is 7.91. The Hall–Kier alpha value is -0.300. The number of rotatable bonds is 6. The number of nitrogens with zero attached hydrogens (tertiary/aromatic N) is 1. The first-order valence-corrected chi connectivity index (χ1v) is 5.30. The van der Waals surface area contributed by atoms with Crippen molar-refractivity contribution in [2.45, 2.75) is 40.0 Å². The van der Waals surface area contributed by atoms with Crippen LogP contribution in [-0.4, -0.2) is 25.5 Å². The van der Waals surface area contributed by atoms with Gasteiger partial charge in [-0.05, 0) is 59.7 Å². The summed E-state index contributed by atoms with van der Waals surface area (Å²) in [6, 6.07) is 0. The van der Waals surface area contributed by atoms with Crippen LogP contribution in [0.2, 0.25) is 0 Å². The van der Waals surface area contributed by atoms with Gasteiger partial charge in [-0.25, -0.2) is 0 Å². The molecule has 78 valence electrons. The monoisotopic (exact) mass is 183 g/mol. The number of hydrogen-bond donors (Lipinski definition) is 0. The highest BCUT2D eigenvalue weighted by Crippen LogP contribution is 2.11. The minimum atomic E-state index is 0.859. The number of allylic oxidation sites excluding steroid dienone is 2. The van der Waals surface area contributed by atoms with E-state index in [0.29, 0.717) is 0 Å². The van der Waals surface area contributed by atoms with Gasteiger partial charge in [0.05, 0.1) is 0 Å². The molecule has 1 unspecified atom stereocenters. The van der Waals surface area contributed by atoms with E-state index in [9.17, 15) is 0 Å². The van der Waals surface area contributed by atoms with E-state index in [1.165, 1.54) is 31.4 Å². The summed E-state index contributed by atoms with van der Waals surface area (Å²) in [5.41, 5.74) is 1.44. The Morgan fingerprint density at radius 3 is 2.31 bits per heavy atom. The van der Waals surface area contributed by atoms with Crippen molar-refractivity contribution in [1.82, 2.24) is 4.90 Å². The van der Waals surface area contributed by atoms with Gasteiger partial charge in [0.2, 0.25) is 0 Å². The maximum atomic E-state index is 2.35. The average Bonchev–Trinajstić information content (AvgIpc) is 2.00. The highest BCUT2D eigenvalue weighted by molar-refractivity contribution is 4.92. The van der Waals surface area contributed by atoms with Gasteiger partial charge < -0.3 is 4.90 Å². The summed E-state index contributed by atoms with van der Waals surface area (Å²) in [6.07, 6.45) is 6.24. The molecule has 1 heteroatoms. The second-order valence-electron chi connectivity index (χ2n) is 4.56. The van der Waals surface area contributed by atoms with Crippen LogP contribution in [0.25, 0.3) is 0 Å². The Labute approximate surface area is 83.8 Å². The van der Waals surface area contributed by atoms with Crippen molar-refractivity contribution in [1.29, 1.82) is 0 Å². The van der Waals surface area contributed by atoms with Crippen molar-refractivity contribution in [2.24, 2.45) is 5.92 Å². The van der Waals surface area contributed by atoms with Crippen LogP contribution in [0.3, 0.4) is 0 Å². The lowest BCUT2D eigenvalue weighted by atomic mass is 10.0. The van der Waals surface area contributed by atoms with E-state index in [0.717, 1.165) is 5.92 Å². The molecule has 0 aliphatic heterocycles. The fourth-order valence-corrected chi connectivity index (χ4v) is 1.28. The molecule has 0 aliphatic carbocycles. The molecule has 0 amide bonds. The third-order valence-electron chi connectivity index (χ3n) is 2.28. The van der Waals surface area contributed by atoms with Crippen molar-refractivity contribution < 1.29 is 0 Å². The largest absolute Gasteiger partial charge is 0.309 e. The lowest BCUT2D eigenvalue weighted by molar-refractivity contribution is 0.352. The summed E-state index contributed by atoms with van der Waals surface area (Å²) in [4.78, 5) is 2.26. The van der Waals surface area contributed by atoms with Crippen LogP contribution in [0, 0.1) is 5.92 Å². The first-order chi connectivity index (χ1) is 6.02. The van der Waals surface area contributed by atoms with E-state index < -0.39 is 0 Å². The quantitative estimate of drug-likeness (QED) is 0.571. The van der Waals surface area contributed by atoms with Crippen molar-refractivity contribution >= 4 is 0 Å². The van der Waals surface area contributed by atoms with Gasteiger partial charge in [0.25, 0.3) is 0 Å². The van der Waals surface area contributed by atoms with Crippen molar-refractivity contribution in [3.8, 4) is 0 Å². The molecule has 0 aliphatic rings. The molecular weight excluding hydrogens is 158 g/mol. The molecule has 1 nitrogen and oxygen atoms in total. The highest BCUT2D eigenvalue weighted by Gasteiger charge is 2.01. The molecule has 0 N–H and O–H groups in total. The average molecular weight is 183 g/mol. The predicted octanol–water partition coefficient (Wildman–Crippen LogP) is 3.32. The van der Waals surface area contributed by atoms with Crippen LogP contribution in [0.15, 0.2) is 11.6 Å². The van der Waals surface area contributed by atoms with Crippen LogP contribution in [0.5, 0.6) is 0 Å². The molecule has 0 fully saturated rings. The second-order valence-corrected chi connectivity index (χ2v) is 4.56. The summed E-state index contributed by atoms with van der Waals surface area (Å²) in [7, 11) is 4.28. The fourth-order valence-electron chi connectivity index (χ4n) is 1.28. The predicted molar refractivity (Wildman–Crippen MR) is 61.0 cm³/mol. The van der Waals surface area contributed by atoms with Gasteiger partial charge in [-0.1, -0.05) is 18.6 Å². The lowest BCUT2D eigenvalue weighted by Gasteiger charge is -2.14. The molecule has 0 saturated heterocycles. The van der Waals surface area contributed by atoms with E-state index in [2.05, 4.69) is 45.8 Å². The van der Waals surface area contributed by atoms with Crippen LogP contribution in [0.4, 0.5) is 0 Å². The lowest BCUT2D eigenvalue weighted by Crippen LogP contribution is -2.15. The summed E-state index contributed by atoms with van der Waals surface area (Å²) in [5.74, 6) is 0.859. The molecule has 0 aromatic carbocycles. The molecule has 0 rings (SSSR count). The fraction of sp³-hybridized carbons (Fsp3) is 0.833. The zero-order valence-electron chi connectivity index (χ0n) is 9.93. The Morgan fingerprint density at radius 1 is 1.23 bits per heavy atom. The molecule has 0 bridgehead atoms. The van der Waals surface area contributed by atoms with E-state index >= 15 is 0 Å². The smallest absolute Gasteiger partial charge is 0.00223 e. The third kappa shape index (κ3) is 9.62. The van der Waals surface area contributed by atoms with Gasteiger partial charge in [0.1, 0.15) is 0 Å². The van der Waals surface area contributed by atoms with E-state index in [1.54, 1.807) is 0 Å². The Morgan fingerprint density at radius 2 is 1.85 bits per heavy atom. The zero-order chi connectivity index (χ0) is 10.3. The summed E-state index contributed by atoms with van der Waals surface area (Å²) < 4.78 is 0. The highest BCUT2D eigenvalue weighted by atomic mass is 15.0. The SMILES string of the molecule is CC(C)=CCCC(C)CCN(C)C. The maximum absolute atomic E-state index is 2.35. The maximum Gasteiger partial charge on any atom is -0.00223 e. The molecule has 0 aromatic heterocycles. The van der Waals surface area contributed by atoms with Gasteiger partial charge in [-0.15, -0.1) is 0 Å². The first-order valence-electron chi connectivity index (χ1n) is 5.30. The molecule has 0 heterocycles. The van der Waals surface area contributed by atoms with Gasteiger partial charge >= 0.3 is 0 Å². The van der Waals surface area contributed by atoms with Crippen molar-refractivity contribution in [2.75, 3.05) is 20.6 Å². The van der Waals surface area contributed by atoms with Crippen LogP contribution in [0.1, 0.15) is 40.0 Å². The van der Waals surface area contributed by atoms with Crippen LogP contribution >= 0.6 is 0 Å². The van der Waals surface area contributed by atoms with Crippen LogP contribution < -0.4 is 0 Å². The molecule has 0 aromatic rings. The molecular formula is C12H25N. The van der Waals surface area contributed by atoms with Gasteiger partial charge in [-0.3, -0.25) is 0 Å². The Kier molecular flexibility index (Phi) is 6.97. The minimum absolute atomic E-state index is 0.859. The zero-order valence-corrected chi connectivity index (χ0v) is 9.93. The molecule has 0 saturated carbocycles.